The normalized spacial score (nSPS) is 17.8. The van der Waals surface area contributed by atoms with Crippen molar-refractivity contribution in [1.82, 2.24) is 19.4 Å². The molecule has 4 rings (SSSR count). The summed E-state index contributed by atoms with van der Waals surface area (Å²) in [7, 11) is 1.55. The minimum atomic E-state index is -0.710. The zero-order valence-electron chi connectivity index (χ0n) is 17.0. The third-order valence-electron chi connectivity index (χ3n) is 5.28. The third-order valence-corrected chi connectivity index (χ3v) is 5.28. The van der Waals surface area contributed by atoms with Gasteiger partial charge in [0.25, 0.3) is 11.7 Å². The topological polar surface area (TPSA) is 97.6 Å². The Morgan fingerprint density at radius 1 is 1.10 bits per heavy atom. The molecule has 1 aromatic carbocycles. The van der Waals surface area contributed by atoms with Crippen molar-refractivity contribution < 1.29 is 19.4 Å². The van der Waals surface area contributed by atoms with E-state index in [-0.39, 0.29) is 11.3 Å². The molecule has 1 atom stereocenters. The Morgan fingerprint density at radius 3 is 2.55 bits per heavy atom. The molecule has 1 aliphatic heterocycles. The van der Waals surface area contributed by atoms with E-state index in [1.807, 2.05) is 10.8 Å². The Bertz CT molecular complexity index is 1090. The summed E-state index contributed by atoms with van der Waals surface area (Å²) < 4.78 is 7.06. The number of imidazole rings is 1. The molecule has 8 nitrogen and oxygen atoms in total. The maximum Gasteiger partial charge on any atom is 0.295 e. The maximum atomic E-state index is 13.0. The highest BCUT2D eigenvalue weighted by Crippen LogP contribution is 2.39. The second kappa shape index (κ2) is 8.83. The highest BCUT2D eigenvalue weighted by molar-refractivity contribution is 6.46. The molecule has 0 aliphatic carbocycles. The molecule has 0 bridgehead atoms. The summed E-state index contributed by atoms with van der Waals surface area (Å²) >= 11 is 0. The number of methoxy groups -OCH3 is 1. The van der Waals surface area contributed by atoms with Crippen LogP contribution in [0.15, 0.2) is 73.1 Å². The molecule has 1 unspecified atom stereocenters. The standard InChI is InChI=1S/C23H22N4O4/c1-31-18-7-5-16(6-8-18)21(28)19-20(17-4-2-9-24-14-17)27(23(30)22(19)29)12-3-11-26-13-10-25-15-26/h2,4-10,13-15,20,28H,3,11-12H2,1H3. The number of hydrogen-bond acceptors (Lipinski definition) is 6. The highest BCUT2D eigenvalue weighted by Gasteiger charge is 2.45. The van der Waals surface area contributed by atoms with E-state index in [1.165, 1.54) is 4.90 Å². The van der Waals surface area contributed by atoms with Crippen molar-refractivity contribution in [3.8, 4) is 5.75 Å². The summed E-state index contributed by atoms with van der Waals surface area (Å²) in [4.78, 5) is 35.5. The molecule has 1 amide bonds. The number of Topliss-reactive ketones (excluding diaryl/α,β-unsaturated/α-hetero) is 1. The summed E-state index contributed by atoms with van der Waals surface area (Å²) in [5, 5.41) is 11.0. The molecule has 0 radical (unpaired) electrons. The van der Waals surface area contributed by atoms with Crippen molar-refractivity contribution in [2.45, 2.75) is 19.0 Å². The summed E-state index contributed by atoms with van der Waals surface area (Å²) in [5.74, 6) is -0.924. The van der Waals surface area contributed by atoms with Crippen LogP contribution >= 0.6 is 0 Å². The first-order chi connectivity index (χ1) is 15.1. The van der Waals surface area contributed by atoms with Gasteiger partial charge in [-0.1, -0.05) is 6.07 Å². The average Bonchev–Trinajstić information content (AvgIpc) is 3.41. The number of nitrogens with zero attached hydrogens (tertiary/aromatic N) is 4. The van der Waals surface area contributed by atoms with Gasteiger partial charge < -0.3 is 19.3 Å². The maximum absolute atomic E-state index is 13.0. The van der Waals surface area contributed by atoms with Gasteiger partial charge in [-0.05, 0) is 42.3 Å². The quantitative estimate of drug-likeness (QED) is 0.360. The minimum absolute atomic E-state index is 0.0609. The molecule has 3 heterocycles. The second-order valence-corrected chi connectivity index (χ2v) is 7.16. The molecule has 31 heavy (non-hydrogen) atoms. The van der Waals surface area contributed by atoms with E-state index in [0.29, 0.717) is 36.4 Å². The van der Waals surface area contributed by atoms with Gasteiger partial charge in [-0.2, -0.15) is 0 Å². The summed E-state index contributed by atoms with van der Waals surface area (Å²) in [5.41, 5.74) is 1.16. The van der Waals surface area contributed by atoms with Gasteiger partial charge in [0.2, 0.25) is 0 Å². The van der Waals surface area contributed by atoms with E-state index < -0.39 is 17.7 Å². The summed E-state index contributed by atoms with van der Waals surface area (Å²) in [6.45, 7) is 1.00. The molecule has 1 fully saturated rings. The van der Waals surface area contributed by atoms with Crippen LogP contribution < -0.4 is 4.74 Å². The Balaban J connectivity index is 1.70. The lowest BCUT2D eigenvalue weighted by Gasteiger charge is -2.25. The van der Waals surface area contributed by atoms with Gasteiger partial charge in [0.15, 0.2) is 0 Å². The summed E-state index contributed by atoms with van der Waals surface area (Å²) in [6, 6.07) is 9.52. The van der Waals surface area contributed by atoms with Crippen molar-refractivity contribution in [2.75, 3.05) is 13.7 Å². The van der Waals surface area contributed by atoms with Crippen LogP contribution in [0.4, 0.5) is 0 Å². The van der Waals surface area contributed by atoms with Crippen LogP contribution in [0.3, 0.4) is 0 Å². The van der Waals surface area contributed by atoms with Crippen LogP contribution in [0, 0.1) is 0 Å². The van der Waals surface area contributed by atoms with Gasteiger partial charge >= 0.3 is 0 Å². The van der Waals surface area contributed by atoms with E-state index in [4.69, 9.17) is 4.74 Å². The number of aryl methyl sites for hydroxylation is 1. The Hall–Kier alpha value is -3.94. The van der Waals surface area contributed by atoms with Gasteiger partial charge in [0.1, 0.15) is 11.5 Å². The third kappa shape index (κ3) is 4.05. The fourth-order valence-corrected chi connectivity index (χ4v) is 3.74. The first-order valence-electron chi connectivity index (χ1n) is 9.88. The number of ketones is 1. The monoisotopic (exact) mass is 418 g/mol. The van der Waals surface area contributed by atoms with Crippen molar-refractivity contribution in [1.29, 1.82) is 0 Å². The van der Waals surface area contributed by atoms with E-state index in [0.717, 1.165) is 0 Å². The van der Waals surface area contributed by atoms with Gasteiger partial charge in [-0.15, -0.1) is 0 Å². The first-order valence-corrected chi connectivity index (χ1v) is 9.88. The van der Waals surface area contributed by atoms with Gasteiger partial charge in [-0.3, -0.25) is 14.6 Å². The molecular formula is C23H22N4O4. The lowest BCUT2D eigenvalue weighted by Crippen LogP contribution is -2.31. The van der Waals surface area contributed by atoms with Crippen LogP contribution in [-0.4, -0.2) is 49.9 Å². The number of pyridine rings is 1. The van der Waals surface area contributed by atoms with Crippen molar-refractivity contribution in [3.63, 3.8) is 0 Å². The molecule has 2 aromatic heterocycles. The number of amides is 1. The smallest absolute Gasteiger partial charge is 0.295 e. The number of rotatable bonds is 7. The molecule has 8 heteroatoms. The van der Waals surface area contributed by atoms with E-state index in [9.17, 15) is 14.7 Å². The fourth-order valence-electron chi connectivity index (χ4n) is 3.74. The molecule has 0 spiro atoms. The Labute approximate surface area is 179 Å². The molecule has 3 aromatic rings. The number of carbonyl (C=O) groups excluding carboxylic acids is 2. The van der Waals surface area contributed by atoms with Gasteiger partial charge in [0.05, 0.1) is 25.1 Å². The molecule has 0 saturated carbocycles. The Morgan fingerprint density at radius 2 is 1.90 bits per heavy atom. The van der Waals surface area contributed by atoms with Gasteiger partial charge in [-0.25, -0.2) is 4.98 Å². The predicted molar refractivity (Wildman–Crippen MR) is 113 cm³/mol. The number of benzene rings is 1. The molecule has 1 aliphatic rings. The number of carbonyl (C=O) groups is 2. The first kappa shape index (κ1) is 20.3. The van der Waals surface area contributed by atoms with E-state index in [1.54, 1.807) is 68.4 Å². The van der Waals surface area contributed by atoms with Crippen molar-refractivity contribution in [3.05, 3.63) is 84.2 Å². The lowest BCUT2D eigenvalue weighted by atomic mass is 9.96. The van der Waals surface area contributed by atoms with Crippen LogP contribution in [0.2, 0.25) is 0 Å². The van der Waals surface area contributed by atoms with Gasteiger partial charge in [0, 0.05) is 43.4 Å². The van der Waals surface area contributed by atoms with E-state index in [2.05, 4.69) is 9.97 Å². The number of likely N-dealkylation sites (tertiary alicyclic amines) is 1. The zero-order valence-corrected chi connectivity index (χ0v) is 17.0. The molecular weight excluding hydrogens is 396 g/mol. The van der Waals surface area contributed by atoms with Crippen LogP contribution in [-0.2, 0) is 16.1 Å². The van der Waals surface area contributed by atoms with Crippen LogP contribution in [0.5, 0.6) is 5.75 Å². The zero-order chi connectivity index (χ0) is 21.8. The fraction of sp³-hybridized carbons (Fsp3) is 0.217. The van der Waals surface area contributed by atoms with Crippen LogP contribution in [0.1, 0.15) is 23.6 Å². The number of aliphatic hydroxyl groups excluding tert-OH is 1. The second-order valence-electron chi connectivity index (χ2n) is 7.16. The van der Waals surface area contributed by atoms with E-state index >= 15 is 0 Å². The number of hydrogen-bond donors (Lipinski definition) is 1. The van der Waals surface area contributed by atoms with Crippen LogP contribution in [0.25, 0.3) is 5.76 Å². The minimum Gasteiger partial charge on any atom is -0.507 e. The summed E-state index contributed by atoms with van der Waals surface area (Å²) in [6.07, 6.45) is 9.10. The van der Waals surface area contributed by atoms with Crippen molar-refractivity contribution in [2.24, 2.45) is 0 Å². The van der Waals surface area contributed by atoms with Crippen molar-refractivity contribution >= 4 is 17.4 Å². The molecule has 158 valence electrons. The number of aliphatic hydroxyl groups is 1. The molecule has 1 N–H and O–H groups in total. The largest absolute Gasteiger partial charge is 0.507 e. The average molecular weight is 418 g/mol. The lowest BCUT2D eigenvalue weighted by molar-refractivity contribution is -0.139. The molecule has 1 saturated heterocycles. The highest BCUT2D eigenvalue weighted by atomic mass is 16.5. The number of aromatic nitrogens is 3. The Kier molecular flexibility index (Phi) is 5.79. The SMILES string of the molecule is COc1ccc(C(O)=C2C(=O)C(=O)N(CCCn3ccnc3)C2c2cccnc2)cc1. The number of ether oxygens (including phenoxy) is 1. The predicted octanol–water partition coefficient (Wildman–Crippen LogP) is 2.80.